The fraction of sp³-hybridized carbons (Fsp3) is 0.941. The first kappa shape index (κ1) is 14.5. The van der Waals surface area contributed by atoms with Gasteiger partial charge in [0.1, 0.15) is 5.78 Å². The molecule has 114 valence electrons. The molecule has 4 fully saturated rings. The Bertz CT molecular complexity index is 315. The molecule has 0 aromatic carbocycles. The lowest BCUT2D eigenvalue weighted by Crippen LogP contribution is -2.46. The molecule has 0 spiro atoms. The molecule has 3 nitrogen and oxygen atoms in total. The molecule has 0 atom stereocenters. The highest BCUT2D eigenvalue weighted by Gasteiger charge is 2.51. The summed E-state index contributed by atoms with van der Waals surface area (Å²) in [4.78, 5) is 12.3. The van der Waals surface area contributed by atoms with Crippen molar-refractivity contribution in [3.05, 3.63) is 0 Å². The third kappa shape index (κ3) is 3.25. The summed E-state index contributed by atoms with van der Waals surface area (Å²) >= 11 is 0. The van der Waals surface area contributed by atoms with Crippen LogP contribution in [-0.4, -0.2) is 30.7 Å². The number of carbonyl (C=O) groups excluding carboxylic acids is 1. The summed E-state index contributed by atoms with van der Waals surface area (Å²) in [5.74, 6) is 3.24. The first-order valence-corrected chi connectivity index (χ1v) is 8.39. The summed E-state index contributed by atoms with van der Waals surface area (Å²) in [5, 5.41) is 8.63. The van der Waals surface area contributed by atoms with Gasteiger partial charge in [-0.15, -0.1) is 0 Å². The Morgan fingerprint density at radius 2 is 1.65 bits per heavy atom. The van der Waals surface area contributed by atoms with Crippen molar-refractivity contribution < 1.29 is 14.6 Å². The van der Waals surface area contributed by atoms with E-state index in [1.807, 2.05) is 0 Å². The maximum Gasteiger partial charge on any atom is 0.133 e. The van der Waals surface area contributed by atoms with Crippen LogP contribution in [0.15, 0.2) is 0 Å². The molecule has 4 aliphatic carbocycles. The average Bonchev–Trinajstić information content (AvgIpc) is 2.36. The number of ketones is 1. The smallest absolute Gasteiger partial charge is 0.133 e. The molecule has 1 N–H and O–H groups in total. The summed E-state index contributed by atoms with van der Waals surface area (Å²) < 4.78 is 5.22. The number of aliphatic hydroxyl groups excluding tert-OH is 1. The SMILES string of the molecule is O=C(CCCOCCO)CC12CC3CC(CC(C3)C1)C2. The lowest BCUT2D eigenvalue weighted by molar-refractivity contribution is -0.127. The highest BCUT2D eigenvalue weighted by Crippen LogP contribution is 2.61. The monoisotopic (exact) mass is 280 g/mol. The van der Waals surface area contributed by atoms with Gasteiger partial charge in [0, 0.05) is 19.4 Å². The molecule has 0 amide bonds. The highest BCUT2D eigenvalue weighted by atomic mass is 16.5. The third-order valence-corrected chi connectivity index (χ3v) is 5.72. The van der Waals surface area contributed by atoms with Gasteiger partial charge in [-0.25, -0.2) is 0 Å². The van der Waals surface area contributed by atoms with E-state index < -0.39 is 0 Å². The van der Waals surface area contributed by atoms with Crippen LogP contribution in [0.25, 0.3) is 0 Å². The van der Waals surface area contributed by atoms with E-state index in [0.717, 1.165) is 30.6 Å². The second-order valence-electron chi connectivity index (χ2n) is 7.57. The van der Waals surface area contributed by atoms with Gasteiger partial charge in [0.05, 0.1) is 13.2 Å². The first-order valence-electron chi connectivity index (χ1n) is 8.39. The Hall–Kier alpha value is -0.410. The van der Waals surface area contributed by atoms with Gasteiger partial charge in [-0.1, -0.05) is 0 Å². The summed E-state index contributed by atoms with van der Waals surface area (Å²) in [7, 11) is 0. The van der Waals surface area contributed by atoms with Gasteiger partial charge in [-0.05, 0) is 68.1 Å². The van der Waals surface area contributed by atoms with Crippen molar-refractivity contribution in [1.29, 1.82) is 0 Å². The van der Waals surface area contributed by atoms with E-state index in [-0.39, 0.29) is 6.61 Å². The van der Waals surface area contributed by atoms with Gasteiger partial charge in [-0.2, -0.15) is 0 Å². The second kappa shape index (κ2) is 6.15. The first-order chi connectivity index (χ1) is 9.69. The predicted molar refractivity (Wildman–Crippen MR) is 77.4 cm³/mol. The standard InChI is InChI=1S/C17H28O3/c18-3-5-20-4-1-2-16(19)12-17-9-13-6-14(10-17)8-15(7-13)11-17/h13-15,18H,1-12H2. The van der Waals surface area contributed by atoms with E-state index in [0.29, 0.717) is 30.8 Å². The molecule has 4 saturated carbocycles. The number of Topliss-reactive ketones (excluding diaryl/α,β-unsaturated/α-hetero) is 1. The van der Waals surface area contributed by atoms with Gasteiger partial charge in [0.2, 0.25) is 0 Å². The third-order valence-electron chi connectivity index (χ3n) is 5.72. The van der Waals surface area contributed by atoms with Crippen LogP contribution in [0, 0.1) is 23.2 Å². The zero-order valence-corrected chi connectivity index (χ0v) is 12.5. The molecule has 0 saturated heterocycles. The molecule has 4 bridgehead atoms. The van der Waals surface area contributed by atoms with Crippen molar-refractivity contribution in [2.75, 3.05) is 19.8 Å². The zero-order valence-electron chi connectivity index (χ0n) is 12.5. The minimum Gasteiger partial charge on any atom is -0.394 e. The molecule has 4 aliphatic rings. The van der Waals surface area contributed by atoms with E-state index in [2.05, 4.69) is 0 Å². The number of ether oxygens (including phenoxy) is 1. The summed E-state index contributed by atoms with van der Waals surface area (Å²) in [6, 6.07) is 0. The summed E-state index contributed by atoms with van der Waals surface area (Å²) in [6.07, 6.45) is 10.6. The van der Waals surface area contributed by atoms with Gasteiger partial charge < -0.3 is 9.84 Å². The minimum atomic E-state index is 0.0707. The molecule has 3 heteroatoms. The van der Waals surface area contributed by atoms with Crippen LogP contribution in [-0.2, 0) is 9.53 Å². The second-order valence-corrected chi connectivity index (χ2v) is 7.57. The van der Waals surface area contributed by atoms with E-state index in [9.17, 15) is 4.79 Å². The fourth-order valence-electron chi connectivity index (χ4n) is 5.55. The molecule has 4 rings (SSSR count). The van der Waals surface area contributed by atoms with E-state index in [1.165, 1.54) is 38.5 Å². The molecule has 20 heavy (non-hydrogen) atoms. The lowest BCUT2D eigenvalue weighted by Gasteiger charge is -2.56. The Balaban J connectivity index is 1.44. The Kier molecular flexibility index (Phi) is 4.46. The topological polar surface area (TPSA) is 46.5 Å². The van der Waals surface area contributed by atoms with E-state index >= 15 is 0 Å². The number of aliphatic hydroxyl groups is 1. The average molecular weight is 280 g/mol. The number of hydrogen-bond donors (Lipinski definition) is 1. The summed E-state index contributed by atoms with van der Waals surface area (Å²) in [6.45, 7) is 1.07. The van der Waals surface area contributed by atoms with Crippen LogP contribution < -0.4 is 0 Å². The highest BCUT2D eigenvalue weighted by molar-refractivity contribution is 5.79. The van der Waals surface area contributed by atoms with Gasteiger partial charge in [-0.3, -0.25) is 4.79 Å². The Morgan fingerprint density at radius 3 is 2.20 bits per heavy atom. The van der Waals surface area contributed by atoms with Crippen molar-refractivity contribution >= 4 is 5.78 Å². The van der Waals surface area contributed by atoms with Crippen LogP contribution >= 0.6 is 0 Å². The molecular weight excluding hydrogens is 252 g/mol. The fourth-order valence-corrected chi connectivity index (χ4v) is 5.55. The Morgan fingerprint density at radius 1 is 1.05 bits per heavy atom. The van der Waals surface area contributed by atoms with Crippen molar-refractivity contribution in [2.45, 2.75) is 57.8 Å². The molecule has 0 radical (unpaired) electrons. The van der Waals surface area contributed by atoms with Crippen LogP contribution in [0.4, 0.5) is 0 Å². The van der Waals surface area contributed by atoms with Gasteiger partial charge in [0.15, 0.2) is 0 Å². The molecule has 0 aliphatic heterocycles. The quantitative estimate of drug-likeness (QED) is 0.695. The number of hydrogen-bond acceptors (Lipinski definition) is 3. The molecular formula is C17H28O3. The van der Waals surface area contributed by atoms with Crippen LogP contribution in [0.3, 0.4) is 0 Å². The van der Waals surface area contributed by atoms with Crippen LogP contribution in [0.5, 0.6) is 0 Å². The Labute approximate surface area is 122 Å². The largest absolute Gasteiger partial charge is 0.394 e. The molecule has 0 aromatic heterocycles. The van der Waals surface area contributed by atoms with Crippen molar-refractivity contribution in [3.8, 4) is 0 Å². The van der Waals surface area contributed by atoms with Crippen molar-refractivity contribution in [1.82, 2.24) is 0 Å². The minimum absolute atomic E-state index is 0.0707. The summed E-state index contributed by atoms with van der Waals surface area (Å²) in [5.41, 5.74) is 0.387. The van der Waals surface area contributed by atoms with Crippen LogP contribution in [0.1, 0.15) is 57.8 Å². The van der Waals surface area contributed by atoms with Gasteiger partial charge >= 0.3 is 0 Å². The zero-order chi connectivity index (χ0) is 14.0. The molecule has 0 unspecified atom stereocenters. The number of rotatable bonds is 8. The normalized spacial score (nSPS) is 38.4. The lowest BCUT2D eigenvalue weighted by atomic mass is 9.48. The molecule has 0 aromatic rings. The number of carbonyl (C=O) groups is 1. The van der Waals surface area contributed by atoms with E-state index in [4.69, 9.17) is 9.84 Å². The van der Waals surface area contributed by atoms with Crippen molar-refractivity contribution in [2.24, 2.45) is 23.2 Å². The predicted octanol–water partition coefficient (Wildman–Crippen LogP) is 2.95. The van der Waals surface area contributed by atoms with Crippen molar-refractivity contribution in [3.63, 3.8) is 0 Å². The maximum atomic E-state index is 12.3. The molecule has 0 heterocycles. The maximum absolute atomic E-state index is 12.3. The van der Waals surface area contributed by atoms with Gasteiger partial charge in [0.25, 0.3) is 0 Å². The van der Waals surface area contributed by atoms with E-state index in [1.54, 1.807) is 0 Å². The van der Waals surface area contributed by atoms with Crippen LogP contribution in [0.2, 0.25) is 0 Å².